The van der Waals surface area contributed by atoms with Crippen molar-refractivity contribution in [3.05, 3.63) is 31.3 Å². The zero-order valence-electron chi connectivity index (χ0n) is 6.20. The van der Waals surface area contributed by atoms with E-state index in [4.69, 9.17) is 5.73 Å². The molecule has 0 aliphatic rings. The van der Waals surface area contributed by atoms with Crippen molar-refractivity contribution in [2.45, 2.75) is 13.5 Å². The van der Waals surface area contributed by atoms with Gasteiger partial charge in [0.05, 0.1) is 0 Å². The summed E-state index contributed by atoms with van der Waals surface area (Å²) < 4.78 is 2.36. The smallest absolute Gasteiger partial charge is 0.0356 e. The summed E-state index contributed by atoms with van der Waals surface area (Å²) in [6, 6.07) is 4.17. The Bertz CT molecular complexity index is 273. The molecular formula is C8H9BrIN. The molecule has 0 aromatic heterocycles. The van der Waals surface area contributed by atoms with Gasteiger partial charge in [0.2, 0.25) is 0 Å². The number of benzene rings is 1. The quantitative estimate of drug-likeness (QED) is 0.789. The topological polar surface area (TPSA) is 26.0 Å². The second-order valence-electron chi connectivity index (χ2n) is 2.36. The summed E-state index contributed by atoms with van der Waals surface area (Å²) in [5.41, 5.74) is 8.04. The van der Waals surface area contributed by atoms with Crippen LogP contribution in [0.15, 0.2) is 16.6 Å². The lowest BCUT2D eigenvalue weighted by Crippen LogP contribution is -2.01. The average Bonchev–Trinajstić information content (AvgIpc) is 1.99. The normalized spacial score (nSPS) is 10.2. The van der Waals surface area contributed by atoms with E-state index in [1.165, 1.54) is 14.7 Å². The van der Waals surface area contributed by atoms with Crippen molar-refractivity contribution in [1.29, 1.82) is 0 Å². The molecule has 2 N–H and O–H groups in total. The molecular weight excluding hydrogens is 317 g/mol. The number of rotatable bonds is 1. The van der Waals surface area contributed by atoms with Crippen LogP contribution in [0.3, 0.4) is 0 Å². The van der Waals surface area contributed by atoms with Crippen LogP contribution < -0.4 is 5.73 Å². The number of nitrogens with two attached hydrogens (primary N) is 1. The lowest BCUT2D eigenvalue weighted by Gasteiger charge is -2.06. The second kappa shape index (κ2) is 3.87. The first-order valence-electron chi connectivity index (χ1n) is 3.30. The molecule has 0 fully saturated rings. The van der Waals surface area contributed by atoms with Gasteiger partial charge in [-0.25, -0.2) is 0 Å². The van der Waals surface area contributed by atoms with E-state index in [1.807, 2.05) is 0 Å². The van der Waals surface area contributed by atoms with Gasteiger partial charge in [-0.05, 0) is 62.6 Å². The fourth-order valence-electron chi connectivity index (χ4n) is 0.940. The molecule has 1 aromatic rings. The van der Waals surface area contributed by atoms with E-state index >= 15 is 0 Å². The Morgan fingerprint density at radius 1 is 1.55 bits per heavy atom. The summed E-state index contributed by atoms with van der Waals surface area (Å²) in [5.74, 6) is 0. The predicted octanol–water partition coefficient (Wildman–Crippen LogP) is 2.82. The molecule has 0 radical (unpaired) electrons. The van der Waals surface area contributed by atoms with Gasteiger partial charge in [-0.3, -0.25) is 0 Å². The molecule has 0 heterocycles. The minimum atomic E-state index is 0.600. The van der Waals surface area contributed by atoms with E-state index in [0.29, 0.717) is 6.54 Å². The third-order valence-electron chi connectivity index (χ3n) is 1.63. The van der Waals surface area contributed by atoms with E-state index < -0.39 is 0 Å². The van der Waals surface area contributed by atoms with Crippen molar-refractivity contribution < 1.29 is 0 Å². The van der Waals surface area contributed by atoms with Crippen molar-refractivity contribution in [3.63, 3.8) is 0 Å². The van der Waals surface area contributed by atoms with Crippen LogP contribution in [0.1, 0.15) is 11.1 Å². The molecule has 0 spiro atoms. The Hall–Kier alpha value is 0.390. The molecule has 1 rings (SSSR count). The van der Waals surface area contributed by atoms with Gasteiger partial charge < -0.3 is 5.73 Å². The maximum atomic E-state index is 5.59. The highest BCUT2D eigenvalue weighted by Gasteiger charge is 2.04. The number of aryl methyl sites for hydroxylation is 1. The summed E-state index contributed by atoms with van der Waals surface area (Å²) in [5, 5.41) is 0. The zero-order chi connectivity index (χ0) is 8.43. The monoisotopic (exact) mass is 325 g/mol. The molecule has 11 heavy (non-hydrogen) atoms. The molecule has 1 nitrogen and oxygen atoms in total. The molecule has 0 aliphatic heterocycles. The van der Waals surface area contributed by atoms with Crippen LogP contribution in [-0.4, -0.2) is 0 Å². The van der Waals surface area contributed by atoms with Crippen molar-refractivity contribution in [2.75, 3.05) is 0 Å². The lowest BCUT2D eigenvalue weighted by atomic mass is 10.1. The van der Waals surface area contributed by atoms with E-state index in [9.17, 15) is 0 Å². The molecule has 0 saturated carbocycles. The molecule has 0 atom stereocenters. The molecule has 60 valence electrons. The fraction of sp³-hybridized carbons (Fsp3) is 0.250. The Kier molecular flexibility index (Phi) is 3.33. The molecule has 0 saturated heterocycles. The van der Waals surface area contributed by atoms with E-state index in [1.54, 1.807) is 0 Å². The van der Waals surface area contributed by atoms with Crippen LogP contribution in [0.2, 0.25) is 0 Å². The van der Waals surface area contributed by atoms with Gasteiger partial charge in [-0.2, -0.15) is 0 Å². The van der Waals surface area contributed by atoms with Crippen LogP contribution in [0.25, 0.3) is 0 Å². The van der Waals surface area contributed by atoms with Gasteiger partial charge >= 0.3 is 0 Å². The highest BCUT2D eigenvalue weighted by Crippen LogP contribution is 2.25. The van der Waals surface area contributed by atoms with Crippen molar-refractivity contribution in [3.8, 4) is 0 Å². The Morgan fingerprint density at radius 2 is 2.18 bits per heavy atom. The molecule has 0 aliphatic carbocycles. The van der Waals surface area contributed by atoms with Gasteiger partial charge in [0.25, 0.3) is 0 Å². The summed E-state index contributed by atoms with van der Waals surface area (Å²) in [4.78, 5) is 0. The minimum Gasteiger partial charge on any atom is -0.326 e. The first kappa shape index (κ1) is 9.48. The molecule has 1 aromatic carbocycles. The van der Waals surface area contributed by atoms with E-state index in [0.717, 1.165) is 4.47 Å². The van der Waals surface area contributed by atoms with Crippen molar-refractivity contribution in [2.24, 2.45) is 5.73 Å². The summed E-state index contributed by atoms with van der Waals surface area (Å²) >= 11 is 5.79. The zero-order valence-corrected chi connectivity index (χ0v) is 9.94. The van der Waals surface area contributed by atoms with Crippen LogP contribution in [0.4, 0.5) is 0 Å². The van der Waals surface area contributed by atoms with Crippen molar-refractivity contribution in [1.82, 2.24) is 0 Å². The first-order chi connectivity index (χ1) is 5.16. The van der Waals surface area contributed by atoms with Gasteiger partial charge in [0.15, 0.2) is 0 Å². The van der Waals surface area contributed by atoms with Gasteiger partial charge in [0.1, 0.15) is 0 Å². The molecule has 3 heteroatoms. The number of hydrogen-bond donors (Lipinski definition) is 1. The van der Waals surface area contributed by atoms with E-state index in [-0.39, 0.29) is 0 Å². The van der Waals surface area contributed by atoms with Crippen molar-refractivity contribution >= 4 is 38.5 Å². The molecule has 0 amide bonds. The second-order valence-corrected chi connectivity index (χ2v) is 4.32. The lowest BCUT2D eigenvalue weighted by molar-refractivity contribution is 1.04. The van der Waals surface area contributed by atoms with Gasteiger partial charge in [-0.15, -0.1) is 0 Å². The molecule has 0 bridgehead atoms. The third kappa shape index (κ3) is 1.95. The third-order valence-corrected chi connectivity index (χ3v) is 4.18. The van der Waals surface area contributed by atoms with Crippen LogP contribution in [-0.2, 0) is 6.54 Å². The fourth-order valence-corrected chi connectivity index (χ4v) is 2.05. The highest BCUT2D eigenvalue weighted by atomic mass is 127. The maximum absolute atomic E-state index is 5.59. The Morgan fingerprint density at radius 3 is 2.64 bits per heavy atom. The summed E-state index contributed by atoms with van der Waals surface area (Å²) in [7, 11) is 0. The van der Waals surface area contributed by atoms with Crippen LogP contribution >= 0.6 is 38.5 Å². The summed E-state index contributed by atoms with van der Waals surface area (Å²) in [6.07, 6.45) is 0. The summed E-state index contributed by atoms with van der Waals surface area (Å²) in [6.45, 7) is 2.67. The Balaban J connectivity index is 3.29. The van der Waals surface area contributed by atoms with Gasteiger partial charge in [-0.1, -0.05) is 6.07 Å². The predicted molar refractivity (Wildman–Crippen MR) is 59.5 cm³/mol. The van der Waals surface area contributed by atoms with Crippen LogP contribution in [0, 0.1) is 10.5 Å². The van der Waals surface area contributed by atoms with Gasteiger partial charge in [0, 0.05) is 14.6 Å². The SMILES string of the molecule is Cc1ccc(I)c(Br)c1CN. The van der Waals surface area contributed by atoms with Crippen LogP contribution in [0.5, 0.6) is 0 Å². The number of hydrogen-bond acceptors (Lipinski definition) is 1. The maximum Gasteiger partial charge on any atom is 0.0356 e. The Labute approximate surface area is 88.6 Å². The highest BCUT2D eigenvalue weighted by molar-refractivity contribution is 14.1. The van der Waals surface area contributed by atoms with E-state index in [2.05, 4.69) is 57.6 Å². The first-order valence-corrected chi connectivity index (χ1v) is 5.17. The average molecular weight is 326 g/mol. The largest absolute Gasteiger partial charge is 0.326 e. The standard InChI is InChI=1S/C8H9BrIN/c1-5-2-3-7(10)8(9)6(5)4-11/h2-3H,4,11H2,1H3. The number of halogens is 2. The minimum absolute atomic E-state index is 0.600. The molecule has 0 unspecified atom stereocenters.